The van der Waals surface area contributed by atoms with Gasteiger partial charge in [-0.05, 0) is 65.5 Å². The van der Waals surface area contributed by atoms with Gasteiger partial charge in [0.25, 0.3) is 5.91 Å². The number of aromatic nitrogens is 1. The third kappa shape index (κ3) is 4.05. The van der Waals surface area contributed by atoms with Gasteiger partial charge < -0.3 is 14.1 Å². The van der Waals surface area contributed by atoms with Gasteiger partial charge in [-0.2, -0.15) is 0 Å². The molecule has 0 N–H and O–H groups in total. The van der Waals surface area contributed by atoms with Crippen molar-refractivity contribution in [3.05, 3.63) is 40.8 Å². The maximum atomic E-state index is 13.4. The van der Waals surface area contributed by atoms with E-state index in [1.54, 1.807) is 18.1 Å². The first-order valence-corrected chi connectivity index (χ1v) is 10.1. The van der Waals surface area contributed by atoms with Crippen LogP contribution in [0.4, 0.5) is 5.13 Å². The fourth-order valence-electron chi connectivity index (χ4n) is 3.20. The number of methoxy groups -OCH3 is 1. The number of anilines is 1. The van der Waals surface area contributed by atoms with Gasteiger partial charge in [0.05, 0.1) is 17.4 Å². The van der Waals surface area contributed by atoms with Crippen LogP contribution in [-0.4, -0.2) is 50.1 Å². The van der Waals surface area contributed by atoms with E-state index in [0.29, 0.717) is 23.0 Å². The Morgan fingerprint density at radius 1 is 1.21 bits per heavy atom. The number of fused-ring (bicyclic) bond motifs is 1. The zero-order valence-corrected chi connectivity index (χ0v) is 18.1. The van der Waals surface area contributed by atoms with Gasteiger partial charge in [-0.3, -0.25) is 9.69 Å². The maximum absolute atomic E-state index is 13.4. The molecular weight excluding hydrogens is 374 g/mol. The maximum Gasteiger partial charge on any atom is 0.263 e. The van der Waals surface area contributed by atoms with Crippen molar-refractivity contribution in [3.63, 3.8) is 0 Å². The summed E-state index contributed by atoms with van der Waals surface area (Å²) in [6.45, 7) is 7.20. The van der Waals surface area contributed by atoms with Crippen LogP contribution in [0.15, 0.2) is 22.6 Å². The highest BCUT2D eigenvalue weighted by Crippen LogP contribution is 2.37. The third-order valence-corrected chi connectivity index (χ3v) is 5.86. The van der Waals surface area contributed by atoms with Crippen molar-refractivity contribution in [2.75, 3.05) is 39.2 Å². The van der Waals surface area contributed by atoms with E-state index in [2.05, 4.69) is 4.90 Å². The van der Waals surface area contributed by atoms with Gasteiger partial charge in [-0.25, -0.2) is 4.98 Å². The summed E-state index contributed by atoms with van der Waals surface area (Å²) in [6, 6.07) is 5.74. The highest BCUT2D eigenvalue weighted by Gasteiger charge is 2.25. The molecule has 1 aromatic carbocycles. The number of aryl methyl sites for hydroxylation is 3. The fraction of sp³-hybridized carbons (Fsp3) is 0.429. The second-order valence-corrected chi connectivity index (χ2v) is 8.18. The number of thiazole rings is 1. The van der Waals surface area contributed by atoms with Gasteiger partial charge in [-0.1, -0.05) is 17.4 Å². The largest absolute Gasteiger partial charge is 0.494 e. The van der Waals surface area contributed by atoms with Crippen LogP contribution in [-0.2, 0) is 0 Å². The number of carbonyl (C=O) groups excluding carboxylic acids is 1. The number of hydrogen-bond acceptors (Lipinski definition) is 6. The summed E-state index contributed by atoms with van der Waals surface area (Å²) in [5.41, 5.74) is 2.51. The van der Waals surface area contributed by atoms with Crippen molar-refractivity contribution in [2.45, 2.75) is 27.2 Å². The van der Waals surface area contributed by atoms with Gasteiger partial charge in [0.1, 0.15) is 22.8 Å². The Balaban J connectivity index is 2.03. The highest BCUT2D eigenvalue weighted by atomic mass is 32.1. The summed E-state index contributed by atoms with van der Waals surface area (Å²) in [7, 11) is 5.70. The molecule has 0 spiro atoms. The summed E-state index contributed by atoms with van der Waals surface area (Å²) in [4.78, 5) is 22.0. The molecule has 0 saturated heterocycles. The number of benzene rings is 1. The quantitative estimate of drug-likeness (QED) is 0.586. The Kier molecular flexibility index (Phi) is 6.05. The van der Waals surface area contributed by atoms with E-state index >= 15 is 0 Å². The molecule has 2 aromatic heterocycles. The minimum Gasteiger partial charge on any atom is -0.494 e. The lowest BCUT2D eigenvalue weighted by Crippen LogP contribution is -2.33. The first-order valence-electron chi connectivity index (χ1n) is 9.29. The average molecular weight is 402 g/mol. The van der Waals surface area contributed by atoms with Crippen LogP contribution in [0.2, 0.25) is 0 Å². The molecule has 0 bridgehead atoms. The molecule has 0 unspecified atom stereocenters. The van der Waals surface area contributed by atoms with E-state index in [9.17, 15) is 4.79 Å². The van der Waals surface area contributed by atoms with Crippen molar-refractivity contribution < 1.29 is 13.9 Å². The highest BCUT2D eigenvalue weighted by molar-refractivity contribution is 7.22. The normalized spacial score (nSPS) is 11.4. The van der Waals surface area contributed by atoms with E-state index in [1.807, 2.05) is 47.0 Å². The van der Waals surface area contributed by atoms with Gasteiger partial charge in [-0.15, -0.1) is 0 Å². The molecule has 0 aliphatic carbocycles. The Morgan fingerprint density at radius 2 is 1.96 bits per heavy atom. The van der Waals surface area contributed by atoms with Crippen LogP contribution in [0.5, 0.6) is 5.75 Å². The zero-order valence-electron chi connectivity index (χ0n) is 17.3. The number of nitrogens with zero attached hydrogens (tertiary/aromatic N) is 3. The predicted octanol–water partition coefficient (Wildman–Crippen LogP) is 4.42. The molecule has 3 aromatic rings. The molecule has 2 heterocycles. The minimum atomic E-state index is -0.0798. The van der Waals surface area contributed by atoms with Crippen LogP contribution < -0.4 is 9.64 Å². The zero-order chi connectivity index (χ0) is 20.4. The molecule has 1 amide bonds. The summed E-state index contributed by atoms with van der Waals surface area (Å²) in [6.07, 6.45) is 0.848. The Labute approximate surface area is 169 Å². The molecule has 0 atom stereocenters. The topological polar surface area (TPSA) is 58.8 Å². The summed E-state index contributed by atoms with van der Waals surface area (Å²) >= 11 is 1.53. The van der Waals surface area contributed by atoms with E-state index in [0.717, 1.165) is 40.3 Å². The van der Waals surface area contributed by atoms with E-state index < -0.39 is 0 Å². The third-order valence-electron chi connectivity index (χ3n) is 4.65. The molecule has 0 radical (unpaired) electrons. The van der Waals surface area contributed by atoms with Crippen molar-refractivity contribution in [2.24, 2.45) is 0 Å². The molecule has 0 aliphatic rings. The average Bonchev–Trinajstić information content (AvgIpc) is 3.22. The minimum absolute atomic E-state index is 0.0798. The summed E-state index contributed by atoms with van der Waals surface area (Å²) in [5.74, 6) is 2.01. The summed E-state index contributed by atoms with van der Waals surface area (Å²) in [5, 5.41) is 0.685. The van der Waals surface area contributed by atoms with Crippen LogP contribution in [0.1, 0.15) is 33.9 Å². The Bertz CT molecular complexity index is 990. The van der Waals surface area contributed by atoms with E-state index in [4.69, 9.17) is 14.1 Å². The predicted molar refractivity (Wildman–Crippen MR) is 114 cm³/mol. The molecule has 3 rings (SSSR count). The fourth-order valence-corrected chi connectivity index (χ4v) is 4.27. The standard InChI is InChI=1S/C21H27N3O3S/c1-13-8-9-17(26-6)18-19(13)28-21(22-18)24(11-7-10-23(4)5)20(25)16-12-14(2)27-15(16)3/h8-9,12H,7,10-11H2,1-6H3. The van der Waals surface area contributed by atoms with Crippen LogP contribution in [0.3, 0.4) is 0 Å². The second-order valence-electron chi connectivity index (χ2n) is 7.20. The first-order chi connectivity index (χ1) is 13.3. The van der Waals surface area contributed by atoms with Crippen molar-refractivity contribution in [3.8, 4) is 5.75 Å². The number of furan rings is 1. The molecule has 7 heteroatoms. The molecule has 0 saturated carbocycles. The summed E-state index contributed by atoms with van der Waals surface area (Å²) < 4.78 is 12.1. The van der Waals surface area contributed by atoms with Gasteiger partial charge in [0.2, 0.25) is 0 Å². The van der Waals surface area contributed by atoms with E-state index in [-0.39, 0.29) is 5.91 Å². The monoisotopic (exact) mass is 401 g/mol. The Hall–Kier alpha value is -2.38. The lowest BCUT2D eigenvalue weighted by atomic mass is 10.2. The lowest BCUT2D eigenvalue weighted by Gasteiger charge is -2.20. The molecule has 28 heavy (non-hydrogen) atoms. The number of hydrogen-bond donors (Lipinski definition) is 0. The van der Waals surface area contributed by atoms with E-state index in [1.165, 1.54) is 11.3 Å². The number of ether oxygens (including phenoxy) is 1. The van der Waals surface area contributed by atoms with Crippen LogP contribution in [0, 0.1) is 20.8 Å². The molecule has 6 nitrogen and oxygen atoms in total. The smallest absolute Gasteiger partial charge is 0.263 e. The molecule has 0 aliphatic heterocycles. The van der Waals surface area contributed by atoms with Crippen LogP contribution in [0.25, 0.3) is 10.2 Å². The van der Waals surface area contributed by atoms with Gasteiger partial charge in [0.15, 0.2) is 5.13 Å². The Morgan fingerprint density at radius 3 is 2.57 bits per heavy atom. The van der Waals surface area contributed by atoms with Crippen molar-refractivity contribution in [1.29, 1.82) is 0 Å². The van der Waals surface area contributed by atoms with Crippen LogP contribution >= 0.6 is 11.3 Å². The first kappa shape index (κ1) is 20.4. The molecule has 150 valence electrons. The van der Waals surface area contributed by atoms with Gasteiger partial charge in [0, 0.05) is 6.54 Å². The SMILES string of the molecule is COc1ccc(C)c2sc(N(CCCN(C)C)C(=O)c3cc(C)oc3C)nc12. The lowest BCUT2D eigenvalue weighted by molar-refractivity contribution is 0.0984. The number of rotatable bonds is 7. The number of amides is 1. The molecular formula is C21H27N3O3S. The second kappa shape index (κ2) is 8.32. The van der Waals surface area contributed by atoms with Crippen molar-refractivity contribution in [1.82, 2.24) is 9.88 Å². The van der Waals surface area contributed by atoms with Gasteiger partial charge >= 0.3 is 0 Å². The number of carbonyl (C=O) groups is 1. The molecule has 0 fully saturated rings. The van der Waals surface area contributed by atoms with Crippen molar-refractivity contribution >= 4 is 32.6 Å².